The molecule has 0 heterocycles. The van der Waals surface area contributed by atoms with Gasteiger partial charge in [0.1, 0.15) is 12.2 Å². The molecule has 1 rings (SSSR count). The number of carbonyl (C=O) groups excluding carboxylic acids is 2. The number of aliphatic hydroxyl groups is 2. The van der Waals surface area contributed by atoms with E-state index in [4.69, 9.17) is 5.73 Å². The molecule has 0 bridgehead atoms. The van der Waals surface area contributed by atoms with Crippen LogP contribution in [0.3, 0.4) is 0 Å². The summed E-state index contributed by atoms with van der Waals surface area (Å²) < 4.78 is 0. The SMILES string of the molecule is CC(=O)NCC(O)C(O)c1cc(C(N)=O)cc([N+](=O)[O-])c1. The van der Waals surface area contributed by atoms with E-state index in [2.05, 4.69) is 5.32 Å². The first kappa shape index (κ1) is 16.5. The first-order valence-corrected chi connectivity index (χ1v) is 5.92. The number of nitro groups is 1. The number of hydrogen-bond acceptors (Lipinski definition) is 6. The van der Waals surface area contributed by atoms with Gasteiger partial charge >= 0.3 is 0 Å². The van der Waals surface area contributed by atoms with Crippen molar-refractivity contribution in [1.29, 1.82) is 0 Å². The molecule has 2 unspecified atom stereocenters. The van der Waals surface area contributed by atoms with Crippen molar-refractivity contribution in [1.82, 2.24) is 5.32 Å². The molecule has 9 nitrogen and oxygen atoms in total. The van der Waals surface area contributed by atoms with Gasteiger partial charge in [-0.1, -0.05) is 0 Å². The fourth-order valence-corrected chi connectivity index (χ4v) is 1.64. The van der Waals surface area contributed by atoms with Crippen molar-refractivity contribution in [3.63, 3.8) is 0 Å². The summed E-state index contributed by atoms with van der Waals surface area (Å²) in [5.74, 6) is -1.30. The number of primary amides is 1. The number of aliphatic hydroxyl groups excluding tert-OH is 2. The largest absolute Gasteiger partial charge is 0.388 e. The Morgan fingerprint density at radius 3 is 2.48 bits per heavy atom. The second kappa shape index (κ2) is 6.77. The van der Waals surface area contributed by atoms with E-state index in [0.29, 0.717) is 0 Å². The highest BCUT2D eigenvalue weighted by molar-refractivity contribution is 5.93. The Morgan fingerprint density at radius 2 is 2.00 bits per heavy atom. The Hall–Kier alpha value is -2.52. The number of hydrogen-bond donors (Lipinski definition) is 4. The Morgan fingerprint density at radius 1 is 1.38 bits per heavy atom. The molecule has 0 aliphatic rings. The van der Waals surface area contributed by atoms with Gasteiger partial charge < -0.3 is 21.3 Å². The number of amides is 2. The molecular weight excluding hydrogens is 282 g/mol. The highest BCUT2D eigenvalue weighted by atomic mass is 16.6. The Bertz CT molecular complexity index is 542. The number of nitrogens with two attached hydrogens (primary N) is 1. The molecule has 9 heteroatoms. The third-order valence-electron chi connectivity index (χ3n) is 2.70. The van der Waals surface area contributed by atoms with Crippen molar-refractivity contribution >= 4 is 17.5 Å². The first-order valence-electron chi connectivity index (χ1n) is 5.92. The lowest BCUT2D eigenvalue weighted by atomic mass is 10.0. The summed E-state index contributed by atoms with van der Waals surface area (Å²) in [5.41, 5.74) is 4.42. The van der Waals surface area contributed by atoms with E-state index in [1.165, 1.54) is 6.92 Å². The minimum Gasteiger partial charge on any atom is -0.388 e. The Balaban J connectivity index is 3.07. The van der Waals surface area contributed by atoms with Crippen LogP contribution in [-0.2, 0) is 4.79 Å². The molecule has 0 radical (unpaired) electrons. The van der Waals surface area contributed by atoms with Crippen LogP contribution >= 0.6 is 0 Å². The number of benzene rings is 1. The maximum atomic E-state index is 11.1. The summed E-state index contributed by atoms with van der Waals surface area (Å²) in [6.07, 6.45) is -2.91. The summed E-state index contributed by atoms with van der Waals surface area (Å²) in [7, 11) is 0. The van der Waals surface area contributed by atoms with E-state index < -0.39 is 34.6 Å². The van der Waals surface area contributed by atoms with Crippen LogP contribution in [0, 0.1) is 10.1 Å². The quantitative estimate of drug-likeness (QED) is 0.399. The minimum absolute atomic E-state index is 0.0455. The predicted molar refractivity (Wildman–Crippen MR) is 71.3 cm³/mol. The van der Waals surface area contributed by atoms with Crippen LogP contribution in [0.4, 0.5) is 5.69 Å². The lowest BCUT2D eigenvalue weighted by molar-refractivity contribution is -0.385. The van der Waals surface area contributed by atoms with E-state index in [1.54, 1.807) is 0 Å². The van der Waals surface area contributed by atoms with E-state index in [-0.39, 0.29) is 17.7 Å². The van der Waals surface area contributed by atoms with Crippen molar-refractivity contribution in [3.8, 4) is 0 Å². The molecule has 21 heavy (non-hydrogen) atoms. The minimum atomic E-state index is -1.52. The van der Waals surface area contributed by atoms with Gasteiger partial charge in [-0.15, -0.1) is 0 Å². The summed E-state index contributed by atoms with van der Waals surface area (Å²) in [4.78, 5) is 31.9. The number of rotatable bonds is 6. The lowest BCUT2D eigenvalue weighted by Gasteiger charge is -2.18. The molecule has 1 aromatic rings. The highest BCUT2D eigenvalue weighted by Gasteiger charge is 2.22. The third kappa shape index (κ3) is 4.51. The highest BCUT2D eigenvalue weighted by Crippen LogP contribution is 2.24. The molecule has 114 valence electrons. The maximum absolute atomic E-state index is 11.1. The van der Waals surface area contributed by atoms with Gasteiger partial charge in [0.05, 0.1) is 4.92 Å². The van der Waals surface area contributed by atoms with E-state index in [1.807, 2.05) is 0 Å². The van der Waals surface area contributed by atoms with Crippen molar-refractivity contribution in [3.05, 3.63) is 39.4 Å². The van der Waals surface area contributed by atoms with Crippen LogP contribution in [0.25, 0.3) is 0 Å². The van der Waals surface area contributed by atoms with Gasteiger partial charge in [0.2, 0.25) is 11.8 Å². The van der Waals surface area contributed by atoms with E-state index in [9.17, 15) is 29.9 Å². The Kier molecular flexibility index (Phi) is 5.33. The third-order valence-corrected chi connectivity index (χ3v) is 2.70. The zero-order valence-corrected chi connectivity index (χ0v) is 11.1. The predicted octanol–water partition coefficient (Wildman–Crippen LogP) is -0.776. The molecule has 0 saturated heterocycles. The number of nitrogens with zero attached hydrogens (tertiary/aromatic N) is 1. The average Bonchev–Trinajstić information content (AvgIpc) is 2.43. The van der Waals surface area contributed by atoms with Crippen molar-refractivity contribution < 1.29 is 24.7 Å². The number of nitrogens with one attached hydrogen (secondary N) is 1. The molecule has 1 aromatic carbocycles. The summed E-state index contributed by atoms with van der Waals surface area (Å²) in [6.45, 7) is 0.989. The molecule has 2 atom stereocenters. The number of carbonyl (C=O) groups is 2. The monoisotopic (exact) mass is 297 g/mol. The molecule has 0 aliphatic carbocycles. The van der Waals surface area contributed by atoms with Crippen molar-refractivity contribution in [2.45, 2.75) is 19.1 Å². The molecule has 5 N–H and O–H groups in total. The van der Waals surface area contributed by atoms with E-state index >= 15 is 0 Å². The summed E-state index contributed by atoms with van der Waals surface area (Å²) in [5, 5.41) is 32.8. The fraction of sp³-hybridized carbons (Fsp3) is 0.333. The van der Waals surface area contributed by atoms with Crippen LogP contribution in [0.5, 0.6) is 0 Å². The summed E-state index contributed by atoms with van der Waals surface area (Å²) in [6, 6.07) is 3.14. The van der Waals surface area contributed by atoms with Crippen LogP contribution in [0.15, 0.2) is 18.2 Å². The lowest BCUT2D eigenvalue weighted by Crippen LogP contribution is -2.34. The zero-order valence-electron chi connectivity index (χ0n) is 11.1. The molecule has 2 amide bonds. The second-order valence-corrected chi connectivity index (χ2v) is 4.38. The normalized spacial score (nSPS) is 13.3. The molecule has 0 fully saturated rings. The van der Waals surface area contributed by atoms with Crippen molar-refractivity contribution in [2.24, 2.45) is 5.73 Å². The van der Waals surface area contributed by atoms with Gasteiger partial charge in [-0.05, 0) is 11.6 Å². The van der Waals surface area contributed by atoms with Gasteiger partial charge in [-0.2, -0.15) is 0 Å². The van der Waals surface area contributed by atoms with Crippen LogP contribution in [0.2, 0.25) is 0 Å². The van der Waals surface area contributed by atoms with Crippen LogP contribution in [-0.4, -0.2) is 39.6 Å². The van der Waals surface area contributed by atoms with Gasteiger partial charge in [-0.25, -0.2) is 0 Å². The van der Waals surface area contributed by atoms with Crippen molar-refractivity contribution in [2.75, 3.05) is 6.54 Å². The smallest absolute Gasteiger partial charge is 0.270 e. The van der Waals surface area contributed by atoms with Gasteiger partial charge in [0, 0.05) is 31.2 Å². The van der Waals surface area contributed by atoms with Crippen LogP contribution in [0.1, 0.15) is 28.9 Å². The molecule has 0 spiro atoms. The molecular formula is C12H15N3O6. The first-order chi connectivity index (χ1) is 9.72. The number of nitro benzene ring substituents is 1. The van der Waals surface area contributed by atoms with Gasteiger partial charge in [0.25, 0.3) is 5.69 Å². The topological polar surface area (TPSA) is 156 Å². The van der Waals surface area contributed by atoms with E-state index in [0.717, 1.165) is 18.2 Å². The standard InChI is InChI=1S/C12H15N3O6/c1-6(16)14-5-10(17)11(18)7-2-8(12(13)19)4-9(3-7)15(20)21/h2-4,10-11,17-18H,5H2,1H3,(H2,13,19)(H,14,16). The second-order valence-electron chi connectivity index (χ2n) is 4.38. The molecule has 0 aliphatic heterocycles. The van der Waals surface area contributed by atoms with Crippen LogP contribution < -0.4 is 11.1 Å². The molecule has 0 aromatic heterocycles. The average molecular weight is 297 g/mol. The Labute approximate surface area is 119 Å². The summed E-state index contributed by atoms with van der Waals surface area (Å²) >= 11 is 0. The zero-order chi connectivity index (χ0) is 16.2. The van der Waals surface area contributed by atoms with Gasteiger partial charge in [0.15, 0.2) is 0 Å². The number of non-ortho nitro benzene ring substituents is 1. The fourth-order valence-electron chi connectivity index (χ4n) is 1.64. The maximum Gasteiger partial charge on any atom is 0.270 e. The van der Waals surface area contributed by atoms with Gasteiger partial charge in [-0.3, -0.25) is 19.7 Å². The molecule has 0 saturated carbocycles.